The van der Waals surface area contributed by atoms with Crippen LogP contribution < -0.4 is 0 Å². The molecule has 3 rings (SSSR count). The summed E-state index contributed by atoms with van der Waals surface area (Å²) < 4.78 is 5.76. The van der Waals surface area contributed by atoms with E-state index in [1.165, 1.54) is 11.1 Å². The quantitative estimate of drug-likeness (QED) is 0.423. The van der Waals surface area contributed by atoms with Crippen molar-refractivity contribution in [2.24, 2.45) is 0 Å². The monoisotopic (exact) mass is 211 g/mol. The molecule has 2 aromatic heterocycles. The lowest BCUT2D eigenvalue weighted by Gasteiger charge is -1.97. The Morgan fingerprint density at radius 1 is 1.00 bits per heavy atom. The molecule has 78 valence electrons. The lowest BCUT2D eigenvalue weighted by Crippen LogP contribution is -1.87. The van der Waals surface area contributed by atoms with Gasteiger partial charge in [0.25, 0.3) is 0 Å². The maximum absolute atomic E-state index is 5.76. The van der Waals surface area contributed by atoms with Crippen molar-refractivity contribution in [2.75, 3.05) is 0 Å². The molecule has 0 spiro atoms. The third-order valence-corrected chi connectivity index (χ3v) is 2.80. The van der Waals surface area contributed by atoms with Gasteiger partial charge in [0.15, 0.2) is 11.0 Å². The molecule has 0 aliphatic heterocycles. The predicted molar refractivity (Wildman–Crippen MR) is 63.2 cm³/mol. The molecule has 3 heteroatoms. The van der Waals surface area contributed by atoms with Gasteiger partial charge in [-0.15, -0.1) is 0 Å². The Kier molecular flexibility index (Phi) is 1.86. The first-order valence-electron chi connectivity index (χ1n) is 5.19. The average molecular weight is 211 g/mol. The highest BCUT2D eigenvalue weighted by atomic mass is 16.3. The zero-order valence-electron chi connectivity index (χ0n) is 9.19. The largest absolute Gasteiger partial charge is 0.397 e. The van der Waals surface area contributed by atoms with Crippen LogP contribution in [0.4, 0.5) is 0 Å². The van der Waals surface area contributed by atoms with Crippen molar-refractivity contribution >= 4 is 22.2 Å². The summed E-state index contributed by atoms with van der Waals surface area (Å²) in [6.45, 7) is 4.14. The van der Waals surface area contributed by atoms with Gasteiger partial charge in [-0.3, -0.25) is 4.98 Å². The second kappa shape index (κ2) is 3.23. The molecule has 0 atom stereocenters. The van der Waals surface area contributed by atoms with Gasteiger partial charge in [0.1, 0.15) is 6.20 Å². The minimum atomic E-state index is 0.721. The van der Waals surface area contributed by atoms with E-state index in [-0.39, 0.29) is 0 Å². The van der Waals surface area contributed by atoms with Crippen LogP contribution >= 0.6 is 0 Å². The third kappa shape index (κ3) is 1.33. The molecule has 16 heavy (non-hydrogen) atoms. The van der Waals surface area contributed by atoms with Crippen LogP contribution in [-0.2, 0) is 0 Å². The zero-order valence-corrected chi connectivity index (χ0v) is 9.19. The van der Waals surface area contributed by atoms with Crippen molar-refractivity contribution in [3.63, 3.8) is 0 Å². The van der Waals surface area contributed by atoms with Crippen LogP contribution in [0.3, 0.4) is 0 Å². The van der Waals surface area contributed by atoms with Gasteiger partial charge in [0.05, 0.1) is 0 Å². The van der Waals surface area contributed by atoms with E-state index in [4.69, 9.17) is 4.42 Å². The van der Waals surface area contributed by atoms with E-state index in [1.807, 2.05) is 18.2 Å². The summed E-state index contributed by atoms with van der Waals surface area (Å²) in [5.74, 6) is 0. The van der Waals surface area contributed by atoms with Crippen LogP contribution in [0.15, 0.2) is 35.0 Å². The standard InChI is InChI=1S/C13H11N2O/c1-8-5-11-12(6-9(8)2)16-13-7-14-4-3-10(13)15-11/h3-7H,1-2H3/q+1. The lowest BCUT2D eigenvalue weighted by molar-refractivity contribution is 0.654. The predicted octanol–water partition coefficient (Wildman–Crippen LogP) is 3.27. The Labute approximate surface area is 92.8 Å². The fourth-order valence-electron chi connectivity index (χ4n) is 1.74. The van der Waals surface area contributed by atoms with Crippen LogP contribution in [0.2, 0.25) is 0 Å². The number of benzene rings is 1. The molecule has 1 aromatic carbocycles. The van der Waals surface area contributed by atoms with E-state index in [0.717, 1.165) is 22.2 Å². The van der Waals surface area contributed by atoms with Crippen molar-refractivity contribution in [3.8, 4) is 0 Å². The molecule has 0 aliphatic carbocycles. The Hall–Kier alpha value is -2.03. The molecule has 0 bridgehead atoms. The molecular formula is C13H11N2O+. The minimum absolute atomic E-state index is 0.721. The molecule has 0 radical (unpaired) electrons. The molecule has 0 fully saturated rings. The number of hydrogen-bond donors (Lipinski definition) is 0. The molecule has 2 heterocycles. The third-order valence-electron chi connectivity index (χ3n) is 2.80. The van der Waals surface area contributed by atoms with Crippen LogP contribution in [0.5, 0.6) is 0 Å². The van der Waals surface area contributed by atoms with Gasteiger partial charge in [0, 0.05) is 12.3 Å². The van der Waals surface area contributed by atoms with Crippen molar-refractivity contribution in [1.29, 1.82) is 0 Å². The number of aromatic nitrogens is 2. The first-order chi connectivity index (χ1) is 7.74. The van der Waals surface area contributed by atoms with E-state index >= 15 is 0 Å². The smallest absolute Gasteiger partial charge is 0.255 e. The number of fused-ring (bicyclic) bond motifs is 2. The van der Waals surface area contributed by atoms with E-state index in [2.05, 4.69) is 23.8 Å². The zero-order chi connectivity index (χ0) is 11.1. The molecule has 0 amide bonds. The Morgan fingerprint density at radius 2 is 1.81 bits per heavy atom. The SMILES string of the molecule is Cc1cc2nc3ccncc3[o+]c2cc1C. The number of rotatable bonds is 0. The Morgan fingerprint density at radius 3 is 2.69 bits per heavy atom. The van der Waals surface area contributed by atoms with E-state index in [0.29, 0.717) is 0 Å². The second-order valence-corrected chi connectivity index (χ2v) is 3.96. The highest BCUT2D eigenvalue weighted by Gasteiger charge is 2.14. The summed E-state index contributed by atoms with van der Waals surface area (Å²) in [5.41, 5.74) is 5.69. The fourth-order valence-corrected chi connectivity index (χ4v) is 1.74. The Balaban J connectivity index is 2.46. The van der Waals surface area contributed by atoms with Crippen molar-refractivity contribution in [2.45, 2.75) is 13.8 Å². The molecular weight excluding hydrogens is 200 g/mol. The van der Waals surface area contributed by atoms with Gasteiger partial charge >= 0.3 is 11.2 Å². The lowest BCUT2D eigenvalue weighted by atomic mass is 10.1. The molecule has 3 aromatic rings. The van der Waals surface area contributed by atoms with Gasteiger partial charge in [-0.1, -0.05) is 0 Å². The Bertz CT molecular complexity index is 632. The highest BCUT2D eigenvalue weighted by molar-refractivity contribution is 5.83. The maximum Gasteiger partial charge on any atom is 0.397 e. The van der Waals surface area contributed by atoms with Crippen molar-refractivity contribution < 1.29 is 4.42 Å². The highest BCUT2D eigenvalue weighted by Crippen LogP contribution is 2.21. The van der Waals surface area contributed by atoms with E-state index in [9.17, 15) is 0 Å². The molecule has 3 nitrogen and oxygen atoms in total. The average Bonchev–Trinajstić information content (AvgIpc) is 2.28. The van der Waals surface area contributed by atoms with Gasteiger partial charge in [-0.25, -0.2) is 9.40 Å². The number of nitrogens with zero attached hydrogens (tertiary/aromatic N) is 2. The van der Waals surface area contributed by atoms with E-state index < -0.39 is 0 Å². The van der Waals surface area contributed by atoms with E-state index in [1.54, 1.807) is 12.4 Å². The molecule has 0 unspecified atom stereocenters. The van der Waals surface area contributed by atoms with Gasteiger partial charge in [-0.2, -0.15) is 0 Å². The van der Waals surface area contributed by atoms with Crippen LogP contribution in [-0.4, -0.2) is 9.97 Å². The number of pyridine rings is 1. The minimum Gasteiger partial charge on any atom is -0.255 e. The van der Waals surface area contributed by atoms with Crippen molar-refractivity contribution in [1.82, 2.24) is 9.97 Å². The molecule has 0 saturated heterocycles. The van der Waals surface area contributed by atoms with Crippen LogP contribution in [0.1, 0.15) is 11.1 Å². The van der Waals surface area contributed by atoms with Crippen LogP contribution in [0, 0.1) is 13.8 Å². The number of aryl methyl sites for hydroxylation is 2. The van der Waals surface area contributed by atoms with Gasteiger partial charge < -0.3 is 0 Å². The van der Waals surface area contributed by atoms with Crippen molar-refractivity contribution in [3.05, 3.63) is 41.7 Å². The summed E-state index contributed by atoms with van der Waals surface area (Å²) >= 11 is 0. The van der Waals surface area contributed by atoms with Crippen LogP contribution in [0.25, 0.3) is 22.2 Å². The summed E-state index contributed by atoms with van der Waals surface area (Å²) in [4.78, 5) is 8.57. The second-order valence-electron chi connectivity index (χ2n) is 3.96. The van der Waals surface area contributed by atoms with Gasteiger partial charge in [-0.05, 0) is 37.1 Å². The normalized spacial score (nSPS) is 11.1. The summed E-state index contributed by atoms with van der Waals surface area (Å²) in [6.07, 6.45) is 3.41. The molecule has 0 N–H and O–H groups in total. The summed E-state index contributed by atoms with van der Waals surface area (Å²) in [6, 6.07) is 5.92. The fraction of sp³-hybridized carbons (Fsp3) is 0.154. The first kappa shape index (κ1) is 9.21. The topological polar surface area (TPSA) is 37.1 Å². The molecule has 0 aliphatic rings. The van der Waals surface area contributed by atoms with Gasteiger partial charge in [0.2, 0.25) is 0 Å². The first-order valence-corrected chi connectivity index (χ1v) is 5.19. The summed E-state index contributed by atoms with van der Waals surface area (Å²) in [5, 5.41) is 0. The molecule has 0 saturated carbocycles. The summed E-state index contributed by atoms with van der Waals surface area (Å²) in [7, 11) is 0. The number of hydrogen-bond acceptors (Lipinski definition) is 2. The maximum atomic E-state index is 5.76.